The van der Waals surface area contributed by atoms with Gasteiger partial charge in [0, 0.05) is 53.9 Å². The Kier molecular flexibility index (Phi) is 7.48. The van der Waals surface area contributed by atoms with Crippen LogP contribution in [0.4, 0.5) is 11.4 Å². The van der Waals surface area contributed by atoms with Crippen molar-refractivity contribution in [1.29, 1.82) is 0 Å². The van der Waals surface area contributed by atoms with Gasteiger partial charge >= 0.3 is 0 Å². The number of benzene rings is 2. The van der Waals surface area contributed by atoms with E-state index in [2.05, 4.69) is 4.84 Å². The van der Waals surface area contributed by atoms with Crippen LogP contribution in [0, 0.1) is 25.6 Å². The molecule has 12 heteroatoms. The van der Waals surface area contributed by atoms with Crippen LogP contribution in [0.2, 0.25) is 0 Å². The minimum absolute atomic E-state index is 0.0614. The van der Waals surface area contributed by atoms with Gasteiger partial charge in [-0.1, -0.05) is 0 Å². The maximum absolute atomic E-state index is 13.3. The number of aliphatic hydroxyl groups excluding tert-OH is 1. The van der Waals surface area contributed by atoms with Crippen molar-refractivity contribution in [2.24, 2.45) is 5.41 Å². The number of hydrogen-bond acceptors (Lipinski definition) is 8. The van der Waals surface area contributed by atoms with Gasteiger partial charge in [-0.15, -0.1) is 0 Å². The van der Waals surface area contributed by atoms with Gasteiger partial charge in [-0.25, -0.2) is 4.84 Å². The molecular formula is C25H23ClN4O7. The molecule has 2 N–H and O–H groups in total. The van der Waals surface area contributed by atoms with Crippen molar-refractivity contribution >= 4 is 47.0 Å². The molecule has 2 aliphatic rings. The van der Waals surface area contributed by atoms with Crippen LogP contribution in [0.1, 0.15) is 24.0 Å². The zero-order valence-corrected chi connectivity index (χ0v) is 20.3. The Morgan fingerprint density at radius 2 is 1.41 bits per heavy atom. The maximum Gasteiger partial charge on any atom is 0.269 e. The Morgan fingerprint density at radius 1 is 0.973 bits per heavy atom. The van der Waals surface area contributed by atoms with Crippen molar-refractivity contribution in [3.8, 4) is 0 Å². The average molecular weight is 527 g/mol. The van der Waals surface area contributed by atoms with Crippen LogP contribution < -0.4 is 4.84 Å². The van der Waals surface area contributed by atoms with E-state index in [4.69, 9.17) is 11.8 Å². The fourth-order valence-corrected chi connectivity index (χ4v) is 4.98. The van der Waals surface area contributed by atoms with E-state index < -0.39 is 27.9 Å². The highest BCUT2D eigenvalue weighted by Gasteiger charge is 2.55. The predicted octanol–water partition coefficient (Wildman–Crippen LogP) is 3.27. The molecule has 2 fully saturated rings. The van der Waals surface area contributed by atoms with E-state index in [0.29, 0.717) is 48.2 Å². The molecule has 37 heavy (non-hydrogen) atoms. The third kappa shape index (κ3) is 5.01. The second kappa shape index (κ2) is 10.6. The van der Waals surface area contributed by atoms with E-state index in [-0.39, 0.29) is 23.1 Å². The monoisotopic (exact) mass is 526 g/mol. The molecule has 1 heterocycles. The van der Waals surface area contributed by atoms with Crippen LogP contribution in [0.5, 0.6) is 0 Å². The van der Waals surface area contributed by atoms with Gasteiger partial charge in [0.25, 0.3) is 11.4 Å². The normalized spacial score (nSPS) is 19.6. The molecule has 1 atom stereocenters. The zero-order chi connectivity index (χ0) is 26.7. The second-order valence-electron chi connectivity index (χ2n) is 8.89. The first-order valence-electron chi connectivity index (χ1n) is 11.4. The smallest absolute Gasteiger partial charge is 0.269 e. The molecule has 1 saturated carbocycles. The molecule has 1 aliphatic carbocycles. The number of piperidine rings is 1. The lowest BCUT2D eigenvalue weighted by Gasteiger charge is -2.51. The molecule has 192 valence electrons. The molecular weight excluding hydrogens is 504 g/mol. The molecule has 1 spiro atoms. The topological polar surface area (TPSA) is 156 Å². The van der Waals surface area contributed by atoms with Crippen LogP contribution in [0.3, 0.4) is 0 Å². The third-order valence-electron chi connectivity index (χ3n) is 6.89. The van der Waals surface area contributed by atoms with Crippen LogP contribution in [-0.2, 0) is 9.59 Å². The molecule has 11 nitrogen and oxygen atoms in total. The van der Waals surface area contributed by atoms with Crippen molar-refractivity contribution in [3.63, 3.8) is 0 Å². The number of Topliss-reactive ketones (excluding diaryl/α,β-unsaturated/α-hetero) is 1. The van der Waals surface area contributed by atoms with E-state index in [0.717, 1.165) is 0 Å². The molecule has 0 bridgehead atoms. The summed E-state index contributed by atoms with van der Waals surface area (Å²) in [5.74, 6) is -0.535. The number of aliphatic hydroxyl groups is 1. The number of amides is 1. The number of carbonyl (C=O) groups excluding carboxylic acids is 2. The number of allylic oxidation sites excluding steroid dienone is 2. The zero-order valence-electron chi connectivity index (χ0n) is 19.5. The third-order valence-corrected chi connectivity index (χ3v) is 7.15. The van der Waals surface area contributed by atoms with Crippen LogP contribution in [0.25, 0.3) is 12.2 Å². The Bertz CT molecular complexity index is 1210. The minimum Gasteiger partial charge on any atom is -0.394 e. The maximum atomic E-state index is 13.3. The number of ketones is 1. The number of nitrogens with zero attached hydrogens (tertiary/aromatic N) is 3. The Hall–Kier alpha value is -3.93. The summed E-state index contributed by atoms with van der Waals surface area (Å²) < 4.78 is 0. The Labute approximate surface area is 216 Å². The number of likely N-dealkylation sites (tertiary alicyclic amines) is 1. The van der Waals surface area contributed by atoms with Crippen LogP contribution in [0.15, 0.2) is 59.7 Å². The predicted molar refractivity (Wildman–Crippen MR) is 135 cm³/mol. The first-order chi connectivity index (χ1) is 17.7. The number of carbonyl (C=O) groups is 2. The van der Waals surface area contributed by atoms with Crippen molar-refractivity contribution in [3.05, 3.63) is 91.0 Å². The number of nitro groups is 2. The largest absolute Gasteiger partial charge is 0.394 e. The van der Waals surface area contributed by atoms with Gasteiger partial charge in [0.2, 0.25) is 5.91 Å². The van der Waals surface area contributed by atoms with E-state index in [9.17, 15) is 34.9 Å². The molecule has 2 aromatic rings. The van der Waals surface area contributed by atoms with E-state index >= 15 is 0 Å². The van der Waals surface area contributed by atoms with Gasteiger partial charge < -0.3 is 10.0 Å². The summed E-state index contributed by atoms with van der Waals surface area (Å²) >= 11 is 5.58. The van der Waals surface area contributed by atoms with E-state index in [1.165, 1.54) is 24.3 Å². The summed E-state index contributed by atoms with van der Waals surface area (Å²) in [4.78, 5) is 50.8. The standard InChI is InChI=1S/C25H23ClN4O7/c26-27-22(15-31)24(33)28-11-9-25(10-12-28)20(13-16-1-5-18(6-2-16)29(34)35)23(32)21(25)14-17-3-7-19(8-4-17)30(36)37/h1-8,13-14,22,27,31H,9-12,15H2/b20-13-,21-14-. The lowest BCUT2D eigenvalue weighted by molar-refractivity contribution is -0.385. The van der Waals surface area contributed by atoms with Crippen molar-refractivity contribution in [2.45, 2.75) is 18.9 Å². The molecule has 4 rings (SSSR count). The molecule has 0 radical (unpaired) electrons. The highest BCUT2D eigenvalue weighted by atomic mass is 35.5. The van der Waals surface area contributed by atoms with Crippen LogP contribution in [-0.4, -0.2) is 57.3 Å². The lowest BCUT2D eigenvalue weighted by atomic mass is 9.54. The summed E-state index contributed by atoms with van der Waals surface area (Å²) in [6.07, 6.45) is 4.30. The summed E-state index contributed by atoms with van der Waals surface area (Å²) in [7, 11) is 0. The highest BCUT2D eigenvalue weighted by Crippen LogP contribution is 2.56. The molecule has 1 saturated heterocycles. The number of halogens is 1. The minimum atomic E-state index is -0.941. The quantitative estimate of drug-likeness (QED) is 0.241. The van der Waals surface area contributed by atoms with Gasteiger partial charge in [0.05, 0.1) is 16.5 Å². The second-order valence-corrected chi connectivity index (χ2v) is 9.11. The first kappa shape index (κ1) is 26.1. The molecule has 2 aromatic carbocycles. The Balaban J connectivity index is 1.67. The van der Waals surface area contributed by atoms with Crippen molar-refractivity contribution in [1.82, 2.24) is 9.74 Å². The van der Waals surface area contributed by atoms with E-state index in [1.54, 1.807) is 41.3 Å². The SMILES string of the molecule is O=C1/C(=C/c2ccc([N+](=O)[O-])cc2)C2(CCN(C(=O)C(CO)NCl)CC2)/C1=C\c1ccc([N+](=O)[O-])cc1. The van der Waals surface area contributed by atoms with Crippen molar-refractivity contribution < 1.29 is 24.5 Å². The Morgan fingerprint density at radius 3 is 1.76 bits per heavy atom. The first-order valence-corrected chi connectivity index (χ1v) is 11.8. The summed E-state index contributed by atoms with van der Waals surface area (Å²) in [5.41, 5.74) is 1.55. The number of nitrogens with one attached hydrogen (secondary N) is 1. The fraction of sp³-hybridized carbons (Fsp3) is 0.280. The fourth-order valence-electron chi connectivity index (χ4n) is 4.81. The number of non-ortho nitro benzene ring substituents is 2. The molecule has 1 aliphatic heterocycles. The van der Waals surface area contributed by atoms with Gasteiger partial charge in [-0.05, 0) is 72.2 Å². The van der Waals surface area contributed by atoms with Crippen LogP contribution >= 0.6 is 11.8 Å². The van der Waals surface area contributed by atoms with E-state index in [1.807, 2.05) is 0 Å². The molecule has 1 amide bonds. The number of nitro benzene ring substituents is 2. The summed E-state index contributed by atoms with van der Waals surface area (Å²) in [6.45, 7) is 0.172. The van der Waals surface area contributed by atoms with Gasteiger partial charge in [0.15, 0.2) is 5.78 Å². The summed E-state index contributed by atoms with van der Waals surface area (Å²) in [6, 6.07) is 10.8. The van der Waals surface area contributed by atoms with Gasteiger partial charge in [0.1, 0.15) is 6.04 Å². The lowest BCUT2D eigenvalue weighted by Crippen LogP contribution is -2.55. The summed E-state index contributed by atoms with van der Waals surface area (Å²) in [5, 5.41) is 31.4. The molecule has 1 unspecified atom stereocenters. The van der Waals surface area contributed by atoms with Gasteiger partial charge in [-0.3, -0.25) is 29.8 Å². The highest BCUT2D eigenvalue weighted by molar-refractivity contribution is 6.23. The van der Waals surface area contributed by atoms with Crippen molar-refractivity contribution in [2.75, 3.05) is 19.7 Å². The van der Waals surface area contributed by atoms with Gasteiger partial charge in [-0.2, -0.15) is 0 Å². The molecule has 0 aromatic heterocycles. The average Bonchev–Trinajstić information content (AvgIpc) is 2.91. The number of rotatable bonds is 7. The number of hydrogen-bond donors (Lipinski definition) is 2.